The molecule has 104 valence electrons. The molecule has 1 rings (SSSR count). The average Bonchev–Trinajstić information content (AvgIpc) is 2.32. The number of carbonyl (C=O) groups is 2. The Bertz CT molecular complexity index is 467. The van der Waals surface area contributed by atoms with E-state index in [0.717, 1.165) is 10.0 Å². The number of carbonyl (C=O) groups excluding carboxylic acids is 2. The molecule has 0 aliphatic carbocycles. The van der Waals surface area contributed by atoms with Crippen molar-refractivity contribution in [3.63, 3.8) is 0 Å². The standard InChI is InChI=1S/C14H19BrN2O2/c1-14(2,3)13(19)17-9-12(18)16-8-10-5-4-6-11(15)7-10/h4-7H,8-9H2,1-3H3,(H,16,18)(H,17,19). The van der Waals surface area contributed by atoms with E-state index in [2.05, 4.69) is 26.6 Å². The maximum absolute atomic E-state index is 11.6. The van der Waals surface area contributed by atoms with E-state index in [1.807, 2.05) is 45.0 Å². The molecular formula is C14H19BrN2O2. The van der Waals surface area contributed by atoms with E-state index in [1.165, 1.54) is 0 Å². The van der Waals surface area contributed by atoms with Gasteiger partial charge in [0, 0.05) is 16.4 Å². The number of hydrogen-bond donors (Lipinski definition) is 2. The lowest BCUT2D eigenvalue weighted by Gasteiger charge is -2.17. The van der Waals surface area contributed by atoms with Crippen LogP contribution in [0.25, 0.3) is 0 Å². The molecule has 0 saturated heterocycles. The van der Waals surface area contributed by atoms with E-state index in [-0.39, 0.29) is 18.4 Å². The van der Waals surface area contributed by atoms with Gasteiger partial charge in [-0.15, -0.1) is 0 Å². The quantitative estimate of drug-likeness (QED) is 0.891. The molecule has 0 aliphatic heterocycles. The van der Waals surface area contributed by atoms with Crippen LogP contribution in [-0.2, 0) is 16.1 Å². The molecule has 0 spiro atoms. The van der Waals surface area contributed by atoms with Crippen LogP contribution in [0.3, 0.4) is 0 Å². The maximum Gasteiger partial charge on any atom is 0.239 e. The number of rotatable bonds is 4. The van der Waals surface area contributed by atoms with Crippen LogP contribution in [0.4, 0.5) is 0 Å². The molecule has 1 aromatic carbocycles. The predicted octanol–water partition coefficient (Wildman–Crippen LogP) is 2.23. The van der Waals surface area contributed by atoms with E-state index < -0.39 is 5.41 Å². The Morgan fingerprint density at radius 3 is 2.47 bits per heavy atom. The van der Waals surface area contributed by atoms with Gasteiger partial charge in [0.25, 0.3) is 0 Å². The predicted molar refractivity (Wildman–Crippen MR) is 78.5 cm³/mol. The van der Waals surface area contributed by atoms with Gasteiger partial charge in [0.15, 0.2) is 0 Å². The second-order valence-electron chi connectivity index (χ2n) is 5.34. The largest absolute Gasteiger partial charge is 0.350 e. The summed E-state index contributed by atoms with van der Waals surface area (Å²) in [4.78, 5) is 23.2. The molecule has 0 aliphatic rings. The number of halogens is 1. The summed E-state index contributed by atoms with van der Waals surface area (Å²) < 4.78 is 0.972. The Labute approximate surface area is 122 Å². The first kappa shape index (κ1) is 15.7. The van der Waals surface area contributed by atoms with Crippen molar-refractivity contribution in [3.8, 4) is 0 Å². The van der Waals surface area contributed by atoms with Crippen LogP contribution in [0.5, 0.6) is 0 Å². The van der Waals surface area contributed by atoms with Crippen LogP contribution in [0, 0.1) is 5.41 Å². The molecule has 0 fully saturated rings. The maximum atomic E-state index is 11.6. The zero-order valence-corrected chi connectivity index (χ0v) is 13.0. The third-order valence-electron chi connectivity index (χ3n) is 2.47. The topological polar surface area (TPSA) is 58.2 Å². The first-order chi connectivity index (χ1) is 8.79. The molecule has 0 saturated carbocycles. The molecule has 5 heteroatoms. The third-order valence-corrected chi connectivity index (χ3v) is 2.96. The van der Waals surface area contributed by atoms with Crippen molar-refractivity contribution in [1.82, 2.24) is 10.6 Å². The van der Waals surface area contributed by atoms with Gasteiger partial charge in [-0.1, -0.05) is 48.8 Å². The Balaban J connectivity index is 2.35. The number of benzene rings is 1. The minimum Gasteiger partial charge on any atom is -0.350 e. The highest BCUT2D eigenvalue weighted by molar-refractivity contribution is 9.10. The van der Waals surface area contributed by atoms with Crippen LogP contribution in [0.2, 0.25) is 0 Å². The summed E-state index contributed by atoms with van der Waals surface area (Å²) in [5, 5.41) is 5.37. The molecule has 1 aromatic rings. The minimum atomic E-state index is -0.482. The SMILES string of the molecule is CC(C)(C)C(=O)NCC(=O)NCc1cccc(Br)c1. The summed E-state index contributed by atoms with van der Waals surface area (Å²) in [6.45, 7) is 5.87. The first-order valence-corrected chi connectivity index (χ1v) is 6.88. The summed E-state index contributed by atoms with van der Waals surface area (Å²) in [6.07, 6.45) is 0. The van der Waals surface area contributed by atoms with Gasteiger partial charge in [-0.2, -0.15) is 0 Å². The van der Waals surface area contributed by atoms with Gasteiger partial charge in [0.2, 0.25) is 11.8 Å². The summed E-state index contributed by atoms with van der Waals surface area (Å²) in [5.74, 6) is -0.331. The van der Waals surface area contributed by atoms with Crippen molar-refractivity contribution < 1.29 is 9.59 Å². The van der Waals surface area contributed by atoms with E-state index >= 15 is 0 Å². The molecule has 19 heavy (non-hydrogen) atoms. The lowest BCUT2D eigenvalue weighted by molar-refractivity contribution is -0.131. The minimum absolute atomic E-state index is 0.00407. The lowest BCUT2D eigenvalue weighted by atomic mass is 9.96. The van der Waals surface area contributed by atoms with Gasteiger partial charge in [0.1, 0.15) is 0 Å². The van der Waals surface area contributed by atoms with Crippen LogP contribution >= 0.6 is 15.9 Å². The monoisotopic (exact) mass is 326 g/mol. The van der Waals surface area contributed by atoms with Gasteiger partial charge in [-0.25, -0.2) is 0 Å². The van der Waals surface area contributed by atoms with Gasteiger partial charge in [0.05, 0.1) is 6.54 Å². The van der Waals surface area contributed by atoms with E-state index in [9.17, 15) is 9.59 Å². The van der Waals surface area contributed by atoms with Crippen LogP contribution in [-0.4, -0.2) is 18.4 Å². The summed E-state index contributed by atoms with van der Waals surface area (Å²) in [5.41, 5.74) is 0.523. The van der Waals surface area contributed by atoms with Crippen molar-refractivity contribution in [3.05, 3.63) is 34.3 Å². The average molecular weight is 327 g/mol. The Morgan fingerprint density at radius 1 is 1.21 bits per heavy atom. The molecule has 0 heterocycles. The molecule has 2 amide bonds. The highest BCUT2D eigenvalue weighted by Crippen LogP contribution is 2.12. The molecule has 0 radical (unpaired) electrons. The normalized spacial score (nSPS) is 10.9. The van der Waals surface area contributed by atoms with Crippen molar-refractivity contribution in [1.29, 1.82) is 0 Å². The Morgan fingerprint density at radius 2 is 1.89 bits per heavy atom. The molecule has 0 atom stereocenters. The van der Waals surface area contributed by atoms with Crippen LogP contribution in [0.15, 0.2) is 28.7 Å². The molecule has 4 nitrogen and oxygen atoms in total. The molecule has 0 aromatic heterocycles. The van der Waals surface area contributed by atoms with Crippen molar-refractivity contribution >= 4 is 27.7 Å². The van der Waals surface area contributed by atoms with Crippen molar-refractivity contribution in [2.45, 2.75) is 27.3 Å². The number of amides is 2. The van der Waals surface area contributed by atoms with E-state index in [0.29, 0.717) is 6.54 Å². The zero-order valence-electron chi connectivity index (χ0n) is 11.4. The Hall–Kier alpha value is -1.36. The fourth-order valence-electron chi connectivity index (χ4n) is 1.34. The lowest BCUT2D eigenvalue weighted by Crippen LogP contribution is -2.41. The first-order valence-electron chi connectivity index (χ1n) is 6.08. The Kier molecular flexibility index (Phi) is 5.54. The molecule has 0 unspecified atom stereocenters. The number of hydrogen-bond acceptors (Lipinski definition) is 2. The third kappa shape index (κ3) is 5.87. The summed E-state index contributed by atoms with van der Waals surface area (Å²) >= 11 is 3.37. The smallest absolute Gasteiger partial charge is 0.239 e. The molecule has 0 bridgehead atoms. The van der Waals surface area contributed by atoms with E-state index in [1.54, 1.807) is 0 Å². The second-order valence-corrected chi connectivity index (χ2v) is 6.26. The van der Waals surface area contributed by atoms with Gasteiger partial charge in [-0.3, -0.25) is 9.59 Å². The van der Waals surface area contributed by atoms with Crippen LogP contribution in [0.1, 0.15) is 26.3 Å². The fourth-order valence-corrected chi connectivity index (χ4v) is 1.78. The van der Waals surface area contributed by atoms with Gasteiger partial charge in [-0.05, 0) is 17.7 Å². The van der Waals surface area contributed by atoms with Crippen LogP contribution < -0.4 is 10.6 Å². The highest BCUT2D eigenvalue weighted by Gasteiger charge is 2.21. The van der Waals surface area contributed by atoms with Gasteiger partial charge >= 0.3 is 0 Å². The summed E-state index contributed by atoms with van der Waals surface area (Å²) in [7, 11) is 0. The summed E-state index contributed by atoms with van der Waals surface area (Å²) in [6, 6.07) is 7.70. The number of nitrogens with one attached hydrogen (secondary N) is 2. The molecular weight excluding hydrogens is 308 g/mol. The van der Waals surface area contributed by atoms with Crippen molar-refractivity contribution in [2.75, 3.05) is 6.54 Å². The highest BCUT2D eigenvalue weighted by atomic mass is 79.9. The van der Waals surface area contributed by atoms with Crippen molar-refractivity contribution in [2.24, 2.45) is 5.41 Å². The van der Waals surface area contributed by atoms with E-state index in [4.69, 9.17) is 0 Å². The molecule has 2 N–H and O–H groups in total. The zero-order chi connectivity index (χ0) is 14.5. The second kappa shape index (κ2) is 6.70. The fraction of sp³-hybridized carbons (Fsp3) is 0.429. The van der Waals surface area contributed by atoms with Gasteiger partial charge < -0.3 is 10.6 Å².